The maximum atomic E-state index is 15.3. The average Bonchev–Trinajstić information content (AvgIpc) is 1.04. The predicted octanol–water partition coefficient (Wildman–Crippen LogP) is 1.34. The Kier molecular flexibility index (Phi) is 34.7. The quantitative estimate of drug-likeness (QED) is 0.0905. The lowest BCUT2D eigenvalue weighted by Gasteiger charge is -2.44. The standard InChI is InChI=1S/C64H119N13O13/c1-24-44-60(86)71(17)34-50(79)72(18)45(30-35(2)3)57(83)70-51(39(10)11)63(89)73(19)46(31-36(4)5)56(82)67-42(15)55(81)68-43(16)59(85)74(20)47(32-37(6)7)61(87)75(21)48(33-38(8)9)62(88)76(22)52(40(12)13)64(90)77(23)53(58(84)69-44)54(80)41(14)26-25-27-49(78)66-29-28-65/h35-48,51-54,62,80,88H,24-34,65H2,1-23H3,(H,66,78)(H,67,82)(H,68,81)(H,69,84)(H,70,83)/t41-,42+,43-,44+,45+,46+,47+,48+,51+,52+,53+,54-,62?/m1/s1. The summed E-state index contributed by atoms with van der Waals surface area (Å²) in [6.07, 6.45) is -1.87. The molecule has 90 heavy (non-hydrogen) atoms. The highest BCUT2D eigenvalue weighted by Crippen LogP contribution is 2.27. The van der Waals surface area contributed by atoms with Crippen LogP contribution in [0.25, 0.3) is 0 Å². The number of aliphatic hydroxyl groups excluding tert-OH is 2. The Morgan fingerprint density at radius 3 is 1.53 bits per heavy atom. The second-order valence-corrected chi connectivity index (χ2v) is 27.5. The van der Waals surface area contributed by atoms with Gasteiger partial charge in [0.25, 0.3) is 0 Å². The number of hydrogen-bond donors (Lipinski definition) is 8. The number of nitrogens with one attached hydrogen (secondary N) is 5. The minimum Gasteiger partial charge on any atom is -0.390 e. The summed E-state index contributed by atoms with van der Waals surface area (Å²) in [5.41, 5.74) is 5.57. The van der Waals surface area contributed by atoms with Gasteiger partial charge in [-0.1, -0.05) is 96.9 Å². The van der Waals surface area contributed by atoms with Crippen LogP contribution in [0.1, 0.15) is 162 Å². The van der Waals surface area contributed by atoms with Gasteiger partial charge in [-0.2, -0.15) is 0 Å². The first-order chi connectivity index (χ1) is 41.6. The number of hydrogen-bond acceptors (Lipinski definition) is 15. The third kappa shape index (κ3) is 23.9. The maximum Gasteiger partial charge on any atom is 0.246 e. The fourth-order valence-corrected chi connectivity index (χ4v) is 11.4. The van der Waals surface area contributed by atoms with Crippen LogP contribution in [0, 0.1) is 41.4 Å². The van der Waals surface area contributed by atoms with Crippen LogP contribution >= 0.6 is 0 Å². The van der Waals surface area contributed by atoms with Gasteiger partial charge in [-0.05, 0) is 107 Å². The van der Waals surface area contributed by atoms with E-state index in [1.165, 1.54) is 87.7 Å². The van der Waals surface area contributed by atoms with Crippen molar-refractivity contribution in [2.75, 3.05) is 69.0 Å². The Bertz CT molecular complexity index is 2390. The molecule has 1 aliphatic rings. The smallest absolute Gasteiger partial charge is 0.246 e. The minimum absolute atomic E-state index is 0.00785. The number of rotatable bonds is 19. The van der Waals surface area contributed by atoms with Crippen LogP contribution < -0.4 is 32.3 Å². The van der Waals surface area contributed by atoms with Crippen LogP contribution in [0.5, 0.6) is 0 Å². The topological polar surface area (TPSA) is 337 Å². The summed E-state index contributed by atoms with van der Waals surface area (Å²) in [6, 6.07) is -12.3. The number of carbonyl (C=O) groups excluding carboxylic acids is 11. The van der Waals surface area contributed by atoms with Gasteiger partial charge in [0.1, 0.15) is 54.6 Å². The monoisotopic (exact) mass is 1280 g/mol. The van der Waals surface area contributed by atoms with E-state index in [9.17, 15) is 53.4 Å². The molecule has 1 rings (SSSR count). The summed E-state index contributed by atoms with van der Waals surface area (Å²) in [5, 5.41) is 38.6. The first-order valence-electron chi connectivity index (χ1n) is 32.4. The van der Waals surface area contributed by atoms with E-state index >= 15 is 9.59 Å². The van der Waals surface area contributed by atoms with E-state index in [2.05, 4.69) is 26.6 Å². The number of carbonyl (C=O) groups is 11. The van der Waals surface area contributed by atoms with Crippen LogP contribution in [-0.4, -0.2) is 251 Å². The van der Waals surface area contributed by atoms with Crippen molar-refractivity contribution < 1.29 is 63.0 Å². The average molecular weight is 1280 g/mol. The van der Waals surface area contributed by atoms with E-state index in [-0.39, 0.29) is 87.6 Å². The molecule has 0 aromatic rings. The Morgan fingerprint density at radius 2 is 1.04 bits per heavy atom. The first-order valence-corrected chi connectivity index (χ1v) is 32.4. The van der Waals surface area contributed by atoms with E-state index in [0.29, 0.717) is 6.42 Å². The lowest BCUT2D eigenvalue weighted by molar-refractivity contribution is -0.159. The van der Waals surface area contributed by atoms with Gasteiger partial charge in [0.2, 0.25) is 65.0 Å². The predicted molar refractivity (Wildman–Crippen MR) is 346 cm³/mol. The second kappa shape index (κ2) is 38.1. The summed E-state index contributed by atoms with van der Waals surface area (Å²) in [7, 11) is 10.0. The Morgan fingerprint density at radius 1 is 0.556 bits per heavy atom. The Balaban J connectivity index is 4.34. The van der Waals surface area contributed by atoms with Gasteiger partial charge in [-0.3, -0.25) is 57.6 Å². The van der Waals surface area contributed by atoms with E-state index in [1.54, 1.807) is 41.5 Å². The lowest BCUT2D eigenvalue weighted by Crippen LogP contribution is -2.64. The Hall–Kier alpha value is -5.99. The molecule has 0 aromatic heterocycles. The highest BCUT2D eigenvalue weighted by molar-refractivity contribution is 5.98. The number of likely N-dealkylation sites (N-methyl/N-ethyl adjacent to an activating group) is 7. The van der Waals surface area contributed by atoms with Crippen LogP contribution in [0.2, 0.25) is 0 Å². The van der Waals surface area contributed by atoms with Gasteiger partial charge in [0.05, 0.1) is 24.7 Å². The number of nitrogens with two attached hydrogens (primary N) is 1. The normalized spacial score (nSPS) is 26.9. The van der Waals surface area contributed by atoms with E-state index in [4.69, 9.17) is 5.73 Å². The summed E-state index contributed by atoms with van der Waals surface area (Å²) < 4.78 is 0. The van der Waals surface area contributed by atoms with Gasteiger partial charge in [-0.25, -0.2) is 0 Å². The molecule has 0 saturated carbocycles. The van der Waals surface area contributed by atoms with Gasteiger partial charge < -0.3 is 71.9 Å². The van der Waals surface area contributed by atoms with Crippen molar-refractivity contribution in [1.29, 1.82) is 0 Å². The Labute approximate surface area is 537 Å². The van der Waals surface area contributed by atoms with Crippen molar-refractivity contribution in [3.63, 3.8) is 0 Å². The second-order valence-electron chi connectivity index (χ2n) is 27.5. The number of amides is 11. The van der Waals surface area contributed by atoms with Crippen molar-refractivity contribution in [1.82, 2.24) is 60.9 Å². The maximum absolute atomic E-state index is 15.3. The molecular weight excluding hydrogens is 1160 g/mol. The third-order valence-corrected chi connectivity index (χ3v) is 17.1. The molecule has 1 heterocycles. The fourth-order valence-electron chi connectivity index (χ4n) is 11.4. The molecule has 1 saturated heterocycles. The summed E-state index contributed by atoms with van der Waals surface area (Å²) >= 11 is 0. The largest absolute Gasteiger partial charge is 0.390 e. The van der Waals surface area contributed by atoms with Crippen molar-refractivity contribution in [3.8, 4) is 0 Å². The molecule has 26 heteroatoms. The molecule has 0 radical (unpaired) electrons. The highest BCUT2D eigenvalue weighted by Gasteiger charge is 2.46. The van der Waals surface area contributed by atoms with Crippen molar-refractivity contribution in [3.05, 3.63) is 0 Å². The summed E-state index contributed by atoms with van der Waals surface area (Å²) in [5.74, 6) is -9.52. The highest BCUT2D eigenvalue weighted by atomic mass is 16.3. The van der Waals surface area contributed by atoms with E-state index < -0.39 is 156 Å². The molecule has 0 spiro atoms. The zero-order chi connectivity index (χ0) is 69.7. The van der Waals surface area contributed by atoms with Crippen LogP contribution in [0.15, 0.2) is 0 Å². The van der Waals surface area contributed by atoms with Gasteiger partial charge in [0.15, 0.2) is 0 Å². The summed E-state index contributed by atoms with van der Waals surface area (Å²) in [4.78, 5) is 167. The third-order valence-electron chi connectivity index (χ3n) is 17.1. The molecule has 11 amide bonds. The molecular formula is C64H119N13O13. The zero-order valence-electron chi connectivity index (χ0n) is 58.8. The number of nitrogens with zero attached hydrogens (tertiary/aromatic N) is 7. The van der Waals surface area contributed by atoms with Crippen molar-refractivity contribution in [2.45, 2.75) is 235 Å². The van der Waals surface area contributed by atoms with Gasteiger partial charge in [0, 0.05) is 61.8 Å². The molecule has 518 valence electrons. The van der Waals surface area contributed by atoms with E-state index in [0.717, 1.165) is 9.80 Å². The molecule has 26 nitrogen and oxygen atoms in total. The van der Waals surface area contributed by atoms with Gasteiger partial charge >= 0.3 is 0 Å². The van der Waals surface area contributed by atoms with Crippen molar-refractivity contribution >= 4 is 65.0 Å². The summed E-state index contributed by atoms with van der Waals surface area (Å²) in [6.45, 7) is 28.0. The molecule has 1 aliphatic heterocycles. The number of aliphatic hydroxyl groups is 2. The molecule has 0 bridgehead atoms. The molecule has 13 atom stereocenters. The van der Waals surface area contributed by atoms with Crippen LogP contribution in [-0.2, 0) is 52.7 Å². The molecule has 0 aliphatic carbocycles. The molecule has 9 N–H and O–H groups in total. The molecule has 1 unspecified atom stereocenters. The van der Waals surface area contributed by atoms with Crippen LogP contribution in [0.4, 0.5) is 0 Å². The van der Waals surface area contributed by atoms with Gasteiger partial charge in [-0.15, -0.1) is 0 Å². The molecule has 0 aromatic carbocycles. The van der Waals surface area contributed by atoms with E-state index in [1.807, 2.05) is 55.4 Å². The van der Waals surface area contributed by atoms with Crippen molar-refractivity contribution in [2.24, 2.45) is 47.2 Å². The molecule has 1 fully saturated rings. The first kappa shape index (κ1) is 82.0. The SMILES string of the molecule is CC[C@@H]1NC(=O)[C@H]([C@H](O)[C@H](C)CCCC(=O)NCCN)N(C)C(=O)[C@H](C(C)C)N(C)C(O)[C@H](CC(C)C)N(C)C(=O)[C@H](CC(C)C)N(C)C(=O)[C@@H](C)NC(=O)[C@H](C)NC(=O)[C@H](CC(C)C)N(C)C(=O)[C@H](C(C)C)NC(=O)[C@H](CC(C)C)N(C)C(=O)CN(C)C1=O. The van der Waals surface area contributed by atoms with Crippen LogP contribution in [0.3, 0.4) is 0 Å². The fraction of sp³-hybridized carbons (Fsp3) is 0.828. The zero-order valence-corrected chi connectivity index (χ0v) is 58.8. The lowest BCUT2D eigenvalue weighted by atomic mass is 9.90. The minimum atomic E-state index is -1.67.